The van der Waals surface area contributed by atoms with Gasteiger partial charge in [-0.15, -0.1) is 0 Å². The molecular formula is C17H28N2O. The fourth-order valence-electron chi connectivity index (χ4n) is 2.90. The lowest BCUT2D eigenvalue weighted by Gasteiger charge is -2.38. The molecular weight excluding hydrogens is 248 g/mol. The van der Waals surface area contributed by atoms with Crippen LogP contribution in [0.3, 0.4) is 0 Å². The number of benzene rings is 1. The molecule has 1 aliphatic rings. The van der Waals surface area contributed by atoms with E-state index in [0.29, 0.717) is 6.04 Å². The third-order valence-electron chi connectivity index (χ3n) is 4.15. The molecule has 2 atom stereocenters. The van der Waals surface area contributed by atoms with Crippen molar-refractivity contribution >= 4 is 0 Å². The minimum Gasteiger partial charge on any atom is -0.494 e. The molecule has 1 saturated heterocycles. The summed E-state index contributed by atoms with van der Waals surface area (Å²) in [6.07, 6.45) is 3.56. The molecule has 0 bridgehead atoms. The minimum atomic E-state index is 0.537. The van der Waals surface area contributed by atoms with Crippen LogP contribution >= 0.6 is 0 Å². The van der Waals surface area contributed by atoms with Gasteiger partial charge >= 0.3 is 0 Å². The topological polar surface area (TPSA) is 38.5 Å². The van der Waals surface area contributed by atoms with E-state index < -0.39 is 0 Å². The van der Waals surface area contributed by atoms with Gasteiger partial charge in [-0.3, -0.25) is 4.90 Å². The van der Waals surface area contributed by atoms with E-state index in [0.717, 1.165) is 44.3 Å². The van der Waals surface area contributed by atoms with Crippen molar-refractivity contribution in [2.45, 2.75) is 45.7 Å². The zero-order valence-electron chi connectivity index (χ0n) is 12.8. The van der Waals surface area contributed by atoms with Crippen LogP contribution in [0.2, 0.25) is 0 Å². The average Bonchev–Trinajstić information content (AvgIpc) is 2.48. The summed E-state index contributed by atoms with van der Waals surface area (Å²) >= 11 is 0. The average molecular weight is 276 g/mol. The molecule has 1 fully saturated rings. The lowest BCUT2D eigenvalue weighted by molar-refractivity contribution is 0.115. The van der Waals surface area contributed by atoms with Crippen molar-refractivity contribution in [1.82, 2.24) is 4.90 Å². The number of ether oxygens (including phenoxy) is 1. The van der Waals surface area contributed by atoms with Gasteiger partial charge in [0.05, 0.1) is 6.61 Å². The van der Waals surface area contributed by atoms with Gasteiger partial charge in [-0.2, -0.15) is 0 Å². The maximum atomic E-state index is 5.93. The maximum absolute atomic E-state index is 5.93. The molecule has 0 spiro atoms. The monoisotopic (exact) mass is 276 g/mol. The Morgan fingerprint density at radius 1 is 1.30 bits per heavy atom. The second-order valence-electron chi connectivity index (χ2n) is 5.98. The highest BCUT2D eigenvalue weighted by molar-refractivity contribution is 5.27. The van der Waals surface area contributed by atoms with E-state index in [1.165, 1.54) is 18.4 Å². The van der Waals surface area contributed by atoms with Gasteiger partial charge in [0.2, 0.25) is 0 Å². The second-order valence-corrected chi connectivity index (χ2v) is 5.98. The molecule has 112 valence electrons. The van der Waals surface area contributed by atoms with Crippen LogP contribution in [-0.2, 0) is 6.54 Å². The zero-order valence-corrected chi connectivity index (χ0v) is 12.8. The Balaban J connectivity index is 1.91. The first kappa shape index (κ1) is 15.3. The van der Waals surface area contributed by atoms with Crippen LogP contribution < -0.4 is 10.5 Å². The fraction of sp³-hybridized carbons (Fsp3) is 0.647. The summed E-state index contributed by atoms with van der Waals surface area (Å²) in [5.41, 5.74) is 7.28. The first-order valence-electron chi connectivity index (χ1n) is 7.88. The smallest absolute Gasteiger partial charge is 0.119 e. The molecule has 3 heteroatoms. The Morgan fingerprint density at radius 3 is 2.70 bits per heavy atom. The normalized spacial score (nSPS) is 23.8. The molecule has 2 unspecified atom stereocenters. The molecule has 2 rings (SSSR count). The van der Waals surface area contributed by atoms with E-state index >= 15 is 0 Å². The molecule has 0 radical (unpaired) electrons. The molecule has 0 aliphatic carbocycles. The van der Waals surface area contributed by atoms with Crippen LogP contribution in [-0.4, -0.2) is 30.6 Å². The van der Waals surface area contributed by atoms with Gasteiger partial charge < -0.3 is 10.5 Å². The number of hydrogen-bond donors (Lipinski definition) is 1. The van der Waals surface area contributed by atoms with Crippen molar-refractivity contribution in [3.8, 4) is 5.75 Å². The van der Waals surface area contributed by atoms with E-state index in [2.05, 4.69) is 43.0 Å². The van der Waals surface area contributed by atoms with Gasteiger partial charge in [-0.05, 0) is 49.4 Å². The standard InChI is InChI=1S/C17H28N2O/c1-3-10-20-17-6-4-15(5-7-17)13-19-9-8-14(2)11-16(19)12-18/h4-7,14,16H,3,8-13,18H2,1-2H3. The molecule has 0 amide bonds. The Hall–Kier alpha value is -1.06. The third-order valence-corrected chi connectivity index (χ3v) is 4.15. The van der Waals surface area contributed by atoms with E-state index in [9.17, 15) is 0 Å². The van der Waals surface area contributed by atoms with Crippen molar-refractivity contribution in [3.05, 3.63) is 29.8 Å². The van der Waals surface area contributed by atoms with Crippen molar-refractivity contribution in [2.24, 2.45) is 11.7 Å². The van der Waals surface area contributed by atoms with Gasteiger partial charge in [0, 0.05) is 19.1 Å². The van der Waals surface area contributed by atoms with Gasteiger partial charge in [0.25, 0.3) is 0 Å². The Labute approximate surface area is 123 Å². The second kappa shape index (κ2) is 7.65. The summed E-state index contributed by atoms with van der Waals surface area (Å²) in [6, 6.07) is 9.05. The van der Waals surface area contributed by atoms with Crippen LogP contribution in [0.1, 0.15) is 38.7 Å². The lowest BCUT2D eigenvalue weighted by Crippen LogP contribution is -2.45. The fourth-order valence-corrected chi connectivity index (χ4v) is 2.90. The van der Waals surface area contributed by atoms with Crippen LogP contribution in [0, 0.1) is 5.92 Å². The molecule has 3 nitrogen and oxygen atoms in total. The SMILES string of the molecule is CCCOc1ccc(CN2CCC(C)CC2CN)cc1. The van der Waals surface area contributed by atoms with Crippen LogP contribution in [0.15, 0.2) is 24.3 Å². The van der Waals surface area contributed by atoms with E-state index in [4.69, 9.17) is 10.5 Å². The Bertz CT molecular complexity index is 390. The summed E-state index contributed by atoms with van der Waals surface area (Å²) < 4.78 is 5.62. The molecule has 0 aromatic heterocycles. The quantitative estimate of drug-likeness (QED) is 0.868. The molecule has 1 heterocycles. The van der Waals surface area contributed by atoms with Crippen molar-refractivity contribution in [3.63, 3.8) is 0 Å². The zero-order chi connectivity index (χ0) is 14.4. The summed E-state index contributed by atoms with van der Waals surface area (Å²) in [5.74, 6) is 1.78. The predicted molar refractivity (Wildman–Crippen MR) is 83.9 cm³/mol. The Kier molecular flexibility index (Phi) is 5.86. The maximum Gasteiger partial charge on any atom is 0.119 e. The van der Waals surface area contributed by atoms with Crippen LogP contribution in [0.25, 0.3) is 0 Å². The van der Waals surface area contributed by atoms with E-state index in [-0.39, 0.29) is 0 Å². The molecule has 1 aromatic carbocycles. The van der Waals surface area contributed by atoms with Crippen LogP contribution in [0.4, 0.5) is 0 Å². The van der Waals surface area contributed by atoms with Crippen molar-refractivity contribution < 1.29 is 4.74 Å². The number of piperidine rings is 1. The van der Waals surface area contributed by atoms with Gasteiger partial charge in [-0.1, -0.05) is 26.0 Å². The van der Waals surface area contributed by atoms with E-state index in [1.54, 1.807) is 0 Å². The lowest BCUT2D eigenvalue weighted by atomic mass is 9.92. The molecule has 20 heavy (non-hydrogen) atoms. The Morgan fingerprint density at radius 2 is 2.05 bits per heavy atom. The number of rotatable bonds is 6. The highest BCUT2D eigenvalue weighted by atomic mass is 16.5. The summed E-state index contributed by atoms with van der Waals surface area (Å²) in [6.45, 7) is 8.18. The summed E-state index contributed by atoms with van der Waals surface area (Å²) in [7, 11) is 0. The largest absolute Gasteiger partial charge is 0.494 e. The van der Waals surface area contributed by atoms with Gasteiger partial charge in [-0.25, -0.2) is 0 Å². The molecule has 1 aromatic rings. The van der Waals surface area contributed by atoms with Crippen LogP contribution in [0.5, 0.6) is 5.75 Å². The van der Waals surface area contributed by atoms with Crippen molar-refractivity contribution in [2.75, 3.05) is 19.7 Å². The molecule has 0 saturated carbocycles. The minimum absolute atomic E-state index is 0.537. The highest BCUT2D eigenvalue weighted by Gasteiger charge is 2.24. The van der Waals surface area contributed by atoms with Gasteiger partial charge in [0.1, 0.15) is 5.75 Å². The van der Waals surface area contributed by atoms with Crippen molar-refractivity contribution in [1.29, 1.82) is 0 Å². The highest BCUT2D eigenvalue weighted by Crippen LogP contribution is 2.24. The summed E-state index contributed by atoms with van der Waals surface area (Å²) in [4.78, 5) is 2.53. The van der Waals surface area contributed by atoms with E-state index in [1.807, 2.05) is 0 Å². The number of likely N-dealkylation sites (tertiary alicyclic amines) is 1. The number of hydrogen-bond acceptors (Lipinski definition) is 3. The first-order valence-corrected chi connectivity index (χ1v) is 7.88. The number of nitrogens with two attached hydrogens (primary N) is 1. The molecule has 2 N–H and O–H groups in total. The van der Waals surface area contributed by atoms with Gasteiger partial charge in [0.15, 0.2) is 0 Å². The third kappa shape index (κ3) is 4.22. The first-order chi connectivity index (χ1) is 9.72. The summed E-state index contributed by atoms with van der Waals surface area (Å²) in [5, 5.41) is 0. The molecule has 1 aliphatic heterocycles. The number of nitrogens with zero attached hydrogens (tertiary/aromatic N) is 1. The predicted octanol–water partition coefficient (Wildman–Crippen LogP) is 3.03.